The second kappa shape index (κ2) is 7.66. The molecule has 134 valence electrons. The van der Waals surface area contributed by atoms with Crippen LogP contribution in [0.5, 0.6) is 0 Å². The highest BCUT2D eigenvalue weighted by Crippen LogP contribution is 2.23. The van der Waals surface area contributed by atoms with Gasteiger partial charge in [0, 0.05) is 43.9 Å². The van der Waals surface area contributed by atoms with E-state index in [0.717, 1.165) is 52.1 Å². The Kier molecular flexibility index (Phi) is 5.56. The zero-order valence-corrected chi connectivity index (χ0v) is 15.1. The summed E-state index contributed by atoms with van der Waals surface area (Å²) in [7, 11) is 0. The van der Waals surface area contributed by atoms with Crippen molar-refractivity contribution in [3.63, 3.8) is 0 Å². The number of piperidine rings is 1. The molecule has 24 heavy (non-hydrogen) atoms. The molecule has 0 spiro atoms. The maximum absolute atomic E-state index is 12.8. The zero-order chi connectivity index (χ0) is 17.1. The van der Waals surface area contributed by atoms with Crippen LogP contribution >= 0.6 is 0 Å². The topological polar surface area (TPSA) is 50.6 Å². The van der Waals surface area contributed by atoms with E-state index in [1.165, 1.54) is 5.56 Å². The third-order valence-corrected chi connectivity index (χ3v) is 5.08. The third-order valence-electron chi connectivity index (χ3n) is 5.08. The van der Waals surface area contributed by atoms with Gasteiger partial charge in [0.2, 0.25) is 5.91 Å². The summed E-state index contributed by atoms with van der Waals surface area (Å²) in [5.41, 5.74) is 1.26. The molecule has 0 aromatic carbocycles. The number of morpholine rings is 1. The number of carbonyl (C=O) groups is 1. The molecule has 2 saturated heterocycles. The number of hydrogen-bond acceptors (Lipinski definition) is 4. The Bertz CT molecular complexity index is 541. The minimum atomic E-state index is 0.146. The maximum Gasteiger partial charge on any atom is 0.225 e. The van der Waals surface area contributed by atoms with Crippen molar-refractivity contribution in [2.75, 3.05) is 26.2 Å². The quantitative estimate of drug-likeness (QED) is 0.842. The molecule has 6 nitrogen and oxygen atoms in total. The fourth-order valence-electron chi connectivity index (χ4n) is 3.87. The highest BCUT2D eigenvalue weighted by Gasteiger charge is 2.32. The zero-order valence-electron chi connectivity index (χ0n) is 15.1. The number of aryl methyl sites for hydroxylation is 1. The van der Waals surface area contributed by atoms with E-state index < -0.39 is 0 Å². The average molecular weight is 334 g/mol. The van der Waals surface area contributed by atoms with E-state index in [-0.39, 0.29) is 18.1 Å². The Morgan fingerprint density at radius 3 is 2.50 bits per heavy atom. The molecule has 0 bridgehead atoms. The van der Waals surface area contributed by atoms with Gasteiger partial charge in [0.15, 0.2) is 0 Å². The molecule has 2 fully saturated rings. The first-order valence-electron chi connectivity index (χ1n) is 9.23. The van der Waals surface area contributed by atoms with E-state index in [4.69, 9.17) is 4.74 Å². The number of ether oxygens (including phenoxy) is 1. The number of carbonyl (C=O) groups excluding carboxylic acids is 1. The maximum atomic E-state index is 12.8. The van der Waals surface area contributed by atoms with Crippen LogP contribution in [0.4, 0.5) is 0 Å². The molecule has 3 heterocycles. The summed E-state index contributed by atoms with van der Waals surface area (Å²) >= 11 is 0. The molecule has 0 saturated carbocycles. The van der Waals surface area contributed by atoms with E-state index >= 15 is 0 Å². The van der Waals surface area contributed by atoms with Crippen LogP contribution in [0, 0.1) is 5.92 Å². The fourth-order valence-corrected chi connectivity index (χ4v) is 3.87. The van der Waals surface area contributed by atoms with E-state index in [0.29, 0.717) is 5.91 Å². The van der Waals surface area contributed by atoms with Crippen LogP contribution in [0.25, 0.3) is 0 Å². The minimum absolute atomic E-state index is 0.146. The Hall–Kier alpha value is -1.40. The predicted octanol–water partition coefficient (Wildman–Crippen LogP) is 1.75. The van der Waals surface area contributed by atoms with Crippen molar-refractivity contribution < 1.29 is 9.53 Å². The van der Waals surface area contributed by atoms with Crippen molar-refractivity contribution in [2.45, 2.75) is 58.9 Å². The first kappa shape index (κ1) is 17.4. The van der Waals surface area contributed by atoms with Crippen molar-refractivity contribution in [1.82, 2.24) is 19.6 Å². The molecule has 1 aromatic heterocycles. The lowest BCUT2D eigenvalue weighted by Gasteiger charge is -2.39. The standard InChI is InChI=1S/C18H30N4O2/c1-4-22-13-16(9-19-22)12-20-7-5-17(6-8-20)18(23)21-10-14(2)24-15(3)11-21/h9,13-15,17H,4-8,10-12H2,1-3H3/t14-,15-/m1/s1. The summed E-state index contributed by atoms with van der Waals surface area (Å²) in [4.78, 5) is 17.2. The van der Waals surface area contributed by atoms with Crippen molar-refractivity contribution in [2.24, 2.45) is 5.92 Å². The van der Waals surface area contributed by atoms with Gasteiger partial charge < -0.3 is 9.64 Å². The molecular weight excluding hydrogens is 304 g/mol. The van der Waals surface area contributed by atoms with Crippen molar-refractivity contribution in [1.29, 1.82) is 0 Å². The molecular formula is C18H30N4O2. The van der Waals surface area contributed by atoms with E-state index in [1.807, 2.05) is 15.8 Å². The van der Waals surface area contributed by atoms with E-state index in [1.54, 1.807) is 0 Å². The summed E-state index contributed by atoms with van der Waals surface area (Å²) in [6, 6.07) is 0. The molecule has 1 aromatic rings. The summed E-state index contributed by atoms with van der Waals surface area (Å²) in [5.74, 6) is 0.507. The van der Waals surface area contributed by atoms with Crippen LogP contribution in [0.2, 0.25) is 0 Å². The van der Waals surface area contributed by atoms with Gasteiger partial charge in [0.1, 0.15) is 0 Å². The summed E-state index contributed by atoms with van der Waals surface area (Å²) in [5, 5.41) is 4.34. The highest BCUT2D eigenvalue weighted by atomic mass is 16.5. The van der Waals surface area contributed by atoms with E-state index in [2.05, 4.69) is 37.0 Å². The summed E-state index contributed by atoms with van der Waals surface area (Å²) in [6.07, 6.45) is 6.29. The van der Waals surface area contributed by atoms with Gasteiger partial charge in [-0.1, -0.05) is 0 Å². The number of likely N-dealkylation sites (tertiary alicyclic amines) is 1. The first-order chi connectivity index (χ1) is 11.5. The summed E-state index contributed by atoms with van der Waals surface area (Å²) in [6.45, 7) is 11.5. The lowest BCUT2D eigenvalue weighted by molar-refractivity contribution is -0.148. The molecule has 2 atom stereocenters. The van der Waals surface area contributed by atoms with Gasteiger partial charge in [0.25, 0.3) is 0 Å². The van der Waals surface area contributed by atoms with Crippen LogP contribution in [0.1, 0.15) is 39.2 Å². The van der Waals surface area contributed by atoms with Gasteiger partial charge in [-0.15, -0.1) is 0 Å². The number of amides is 1. The Morgan fingerprint density at radius 1 is 1.25 bits per heavy atom. The van der Waals surface area contributed by atoms with Gasteiger partial charge in [-0.2, -0.15) is 5.10 Å². The van der Waals surface area contributed by atoms with Crippen molar-refractivity contribution in [3.05, 3.63) is 18.0 Å². The normalized spacial score (nSPS) is 26.7. The molecule has 3 rings (SSSR count). The number of hydrogen-bond donors (Lipinski definition) is 0. The van der Waals surface area contributed by atoms with Crippen molar-refractivity contribution in [3.8, 4) is 0 Å². The molecule has 2 aliphatic rings. The lowest BCUT2D eigenvalue weighted by atomic mass is 9.94. The molecule has 0 unspecified atom stereocenters. The van der Waals surface area contributed by atoms with Crippen LogP contribution in [0.15, 0.2) is 12.4 Å². The van der Waals surface area contributed by atoms with Gasteiger partial charge in [-0.05, 0) is 46.7 Å². The molecule has 0 N–H and O–H groups in total. The SMILES string of the molecule is CCn1cc(CN2CCC(C(=O)N3C[C@@H](C)O[C@H](C)C3)CC2)cn1. The van der Waals surface area contributed by atoms with Crippen LogP contribution in [0.3, 0.4) is 0 Å². The summed E-state index contributed by atoms with van der Waals surface area (Å²) < 4.78 is 7.70. The van der Waals surface area contributed by atoms with Gasteiger partial charge in [-0.25, -0.2) is 0 Å². The average Bonchev–Trinajstić information content (AvgIpc) is 3.01. The lowest BCUT2D eigenvalue weighted by Crippen LogP contribution is -2.51. The van der Waals surface area contributed by atoms with Crippen LogP contribution in [-0.2, 0) is 22.6 Å². The van der Waals surface area contributed by atoms with Gasteiger partial charge in [-0.3, -0.25) is 14.4 Å². The Labute approximate surface area is 144 Å². The number of aromatic nitrogens is 2. The molecule has 6 heteroatoms. The van der Waals surface area contributed by atoms with Gasteiger partial charge >= 0.3 is 0 Å². The van der Waals surface area contributed by atoms with Gasteiger partial charge in [0.05, 0.1) is 18.4 Å². The fraction of sp³-hybridized carbons (Fsp3) is 0.778. The first-order valence-corrected chi connectivity index (χ1v) is 9.23. The Balaban J connectivity index is 1.48. The number of nitrogens with zero attached hydrogens (tertiary/aromatic N) is 4. The predicted molar refractivity (Wildman–Crippen MR) is 92.5 cm³/mol. The smallest absolute Gasteiger partial charge is 0.225 e. The highest BCUT2D eigenvalue weighted by molar-refractivity contribution is 5.79. The largest absolute Gasteiger partial charge is 0.372 e. The minimum Gasteiger partial charge on any atom is -0.372 e. The second-order valence-corrected chi connectivity index (χ2v) is 7.26. The number of rotatable bonds is 4. The van der Waals surface area contributed by atoms with Crippen LogP contribution in [-0.4, -0.2) is 63.9 Å². The van der Waals surface area contributed by atoms with E-state index in [9.17, 15) is 4.79 Å². The monoisotopic (exact) mass is 334 g/mol. The second-order valence-electron chi connectivity index (χ2n) is 7.26. The van der Waals surface area contributed by atoms with Crippen LogP contribution < -0.4 is 0 Å². The van der Waals surface area contributed by atoms with Crippen molar-refractivity contribution >= 4 is 5.91 Å². The molecule has 0 aliphatic carbocycles. The molecule has 2 aliphatic heterocycles. The third kappa shape index (κ3) is 4.16. The molecule has 1 amide bonds. The Morgan fingerprint density at radius 2 is 1.92 bits per heavy atom. The molecule has 0 radical (unpaired) electrons.